The standard InChI is InChI=1S/C28H34F3N3O2/c1-20-15-22(17-32-13-9-24(10-14-32)33-11-3-2-4-12-33)16-23-19-34(27(35)26(20)23)18-21-5-7-25(8-6-21)36-28(29,30)31/h5-8,15-16,19,24,35H,2-4,9-14,17-18H2,1H3. The summed E-state index contributed by atoms with van der Waals surface area (Å²) < 4.78 is 42.9. The average molecular weight is 502 g/mol. The topological polar surface area (TPSA) is 40.9 Å². The predicted molar refractivity (Wildman–Crippen MR) is 134 cm³/mol. The predicted octanol–water partition coefficient (Wildman–Crippen LogP) is 6.05. The Labute approximate surface area is 210 Å². The molecule has 0 saturated carbocycles. The number of ether oxygens (including phenoxy) is 1. The summed E-state index contributed by atoms with van der Waals surface area (Å²) in [4.78, 5) is 5.22. The fraction of sp³-hybridized carbons (Fsp3) is 0.500. The van der Waals surface area contributed by atoms with Gasteiger partial charge in [0.25, 0.3) is 0 Å². The van der Waals surface area contributed by atoms with E-state index in [2.05, 4.69) is 26.7 Å². The van der Waals surface area contributed by atoms with Gasteiger partial charge in [-0.3, -0.25) is 4.90 Å². The maximum absolute atomic E-state index is 12.4. The number of halogens is 3. The molecule has 2 aromatic carbocycles. The van der Waals surface area contributed by atoms with Crippen LogP contribution in [0.4, 0.5) is 13.2 Å². The van der Waals surface area contributed by atoms with Crippen LogP contribution in [-0.2, 0) is 13.1 Å². The Morgan fingerprint density at radius 2 is 1.61 bits per heavy atom. The Hall–Kier alpha value is -2.71. The second-order valence-electron chi connectivity index (χ2n) is 10.3. The summed E-state index contributed by atoms with van der Waals surface area (Å²) in [5, 5.41) is 12.7. The smallest absolute Gasteiger partial charge is 0.494 e. The fourth-order valence-electron chi connectivity index (χ4n) is 5.86. The molecule has 1 N–H and O–H groups in total. The van der Waals surface area contributed by atoms with E-state index in [-0.39, 0.29) is 11.6 Å². The number of nitrogens with zero attached hydrogens (tertiary/aromatic N) is 3. The highest BCUT2D eigenvalue weighted by Crippen LogP contribution is 2.33. The molecule has 0 amide bonds. The van der Waals surface area contributed by atoms with Crippen molar-refractivity contribution in [3.8, 4) is 11.6 Å². The van der Waals surface area contributed by atoms with Crippen molar-refractivity contribution in [2.75, 3.05) is 26.2 Å². The summed E-state index contributed by atoms with van der Waals surface area (Å²) in [5.74, 6) is -0.0828. The lowest BCUT2D eigenvalue weighted by molar-refractivity contribution is -0.274. The lowest BCUT2D eigenvalue weighted by Crippen LogP contribution is -2.46. The molecule has 0 radical (unpaired) electrons. The van der Waals surface area contributed by atoms with E-state index in [9.17, 15) is 18.3 Å². The first-order valence-electron chi connectivity index (χ1n) is 12.9. The van der Waals surface area contributed by atoms with Crippen LogP contribution in [0.5, 0.6) is 11.6 Å². The van der Waals surface area contributed by atoms with E-state index in [1.54, 1.807) is 16.7 Å². The van der Waals surface area contributed by atoms with Crippen molar-refractivity contribution in [1.29, 1.82) is 0 Å². The second-order valence-corrected chi connectivity index (χ2v) is 10.3. The highest BCUT2D eigenvalue weighted by molar-refractivity contribution is 5.91. The quantitative estimate of drug-likeness (QED) is 0.446. The van der Waals surface area contributed by atoms with Crippen LogP contribution in [0.1, 0.15) is 48.8 Å². The van der Waals surface area contributed by atoms with Gasteiger partial charge in [0.1, 0.15) is 5.75 Å². The molecule has 0 aliphatic carbocycles. The monoisotopic (exact) mass is 501 g/mol. The molecule has 2 aliphatic rings. The Balaban J connectivity index is 1.25. The molecular formula is C28H34F3N3O2. The molecule has 194 valence electrons. The number of hydrogen-bond acceptors (Lipinski definition) is 4. The van der Waals surface area contributed by atoms with Gasteiger partial charge in [0.2, 0.25) is 0 Å². The summed E-state index contributed by atoms with van der Waals surface area (Å²) in [6.45, 7) is 8.00. The van der Waals surface area contributed by atoms with E-state index in [0.717, 1.165) is 47.6 Å². The average Bonchev–Trinajstić information content (AvgIpc) is 3.15. The molecule has 8 heteroatoms. The van der Waals surface area contributed by atoms with Crippen LogP contribution >= 0.6 is 0 Å². The minimum atomic E-state index is -4.71. The second kappa shape index (κ2) is 10.3. The van der Waals surface area contributed by atoms with Crippen LogP contribution in [0.25, 0.3) is 10.8 Å². The van der Waals surface area contributed by atoms with Crippen LogP contribution in [0, 0.1) is 6.92 Å². The van der Waals surface area contributed by atoms with Crippen LogP contribution in [0.3, 0.4) is 0 Å². The molecule has 2 saturated heterocycles. The summed E-state index contributed by atoms with van der Waals surface area (Å²) >= 11 is 0. The first kappa shape index (κ1) is 25.0. The summed E-state index contributed by atoms with van der Waals surface area (Å²) in [5.41, 5.74) is 3.03. The Bertz CT molecular complexity index is 1180. The molecule has 0 atom stereocenters. The van der Waals surface area contributed by atoms with Crippen molar-refractivity contribution in [2.45, 2.75) is 64.5 Å². The van der Waals surface area contributed by atoms with Gasteiger partial charge in [-0.05, 0) is 93.7 Å². The number of aromatic nitrogens is 1. The summed E-state index contributed by atoms with van der Waals surface area (Å²) in [6, 6.07) is 10.8. The van der Waals surface area contributed by atoms with Crippen molar-refractivity contribution < 1.29 is 23.0 Å². The van der Waals surface area contributed by atoms with Gasteiger partial charge in [0.05, 0.1) is 6.54 Å². The number of fused-ring (bicyclic) bond motifs is 1. The molecule has 0 spiro atoms. The zero-order valence-electron chi connectivity index (χ0n) is 20.7. The third-order valence-electron chi connectivity index (χ3n) is 7.60. The molecule has 3 heterocycles. The van der Waals surface area contributed by atoms with Crippen LogP contribution in [-0.4, -0.2) is 58.1 Å². The first-order valence-corrected chi connectivity index (χ1v) is 12.9. The molecule has 0 unspecified atom stereocenters. The number of aryl methyl sites for hydroxylation is 1. The molecule has 1 aromatic heterocycles. The van der Waals surface area contributed by atoms with Crippen molar-refractivity contribution in [2.24, 2.45) is 0 Å². The lowest BCUT2D eigenvalue weighted by Gasteiger charge is -2.40. The Morgan fingerprint density at radius 1 is 0.917 bits per heavy atom. The molecule has 2 aliphatic heterocycles. The number of hydrogen-bond donors (Lipinski definition) is 1. The lowest BCUT2D eigenvalue weighted by atomic mass is 9.99. The Morgan fingerprint density at radius 3 is 2.28 bits per heavy atom. The molecule has 0 bridgehead atoms. The zero-order valence-corrected chi connectivity index (χ0v) is 20.7. The van der Waals surface area contributed by atoms with Crippen molar-refractivity contribution in [3.05, 3.63) is 59.3 Å². The minimum Gasteiger partial charge on any atom is -0.494 e. The molecule has 2 fully saturated rings. The van der Waals surface area contributed by atoms with Gasteiger partial charge in [-0.1, -0.05) is 24.6 Å². The number of rotatable bonds is 6. The third kappa shape index (κ3) is 5.81. The van der Waals surface area contributed by atoms with Crippen molar-refractivity contribution in [3.63, 3.8) is 0 Å². The number of piperidine rings is 2. The van der Waals surface area contributed by atoms with Gasteiger partial charge in [-0.2, -0.15) is 0 Å². The molecule has 36 heavy (non-hydrogen) atoms. The van der Waals surface area contributed by atoms with E-state index in [1.165, 1.54) is 62.9 Å². The van der Waals surface area contributed by atoms with Crippen molar-refractivity contribution in [1.82, 2.24) is 14.4 Å². The normalized spacial score (nSPS) is 18.7. The number of aromatic hydroxyl groups is 1. The van der Waals surface area contributed by atoms with E-state index in [0.29, 0.717) is 6.54 Å². The molecule has 3 aromatic rings. The first-order chi connectivity index (χ1) is 17.2. The van der Waals surface area contributed by atoms with E-state index in [4.69, 9.17) is 0 Å². The maximum atomic E-state index is 12.4. The maximum Gasteiger partial charge on any atom is 0.573 e. The van der Waals surface area contributed by atoms with Crippen molar-refractivity contribution >= 4 is 10.8 Å². The third-order valence-corrected chi connectivity index (χ3v) is 7.60. The highest BCUT2D eigenvalue weighted by Gasteiger charge is 2.31. The molecular weight excluding hydrogens is 467 g/mol. The van der Waals surface area contributed by atoms with Crippen LogP contribution in [0.2, 0.25) is 0 Å². The van der Waals surface area contributed by atoms with Crippen LogP contribution < -0.4 is 4.74 Å². The van der Waals surface area contributed by atoms with E-state index >= 15 is 0 Å². The highest BCUT2D eigenvalue weighted by atomic mass is 19.4. The largest absolute Gasteiger partial charge is 0.573 e. The van der Waals surface area contributed by atoms with E-state index in [1.807, 2.05) is 13.1 Å². The number of alkyl halides is 3. The van der Waals surface area contributed by atoms with Gasteiger partial charge < -0.3 is 19.3 Å². The summed E-state index contributed by atoms with van der Waals surface area (Å²) in [6.07, 6.45) is 3.71. The van der Waals surface area contributed by atoms with E-state index < -0.39 is 6.36 Å². The van der Waals surface area contributed by atoms with Crippen LogP contribution in [0.15, 0.2) is 42.6 Å². The van der Waals surface area contributed by atoms with Gasteiger partial charge in [-0.15, -0.1) is 13.2 Å². The molecule has 5 rings (SSSR count). The fourth-order valence-corrected chi connectivity index (χ4v) is 5.86. The number of benzene rings is 2. The Kier molecular flexibility index (Phi) is 7.17. The number of likely N-dealkylation sites (tertiary alicyclic amines) is 2. The zero-order chi connectivity index (χ0) is 25.3. The van der Waals surface area contributed by atoms with Gasteiger partial charge >= 0.3 is 6.36 Å². The molecule has 5 nitrogen and oxygen atoms in total. The minimum absolute atomic E-state index is 0.173. The SMILES string of the molecule is Cc1cc(CN2CCC(N3CCCCC3)CC2)cc2cn(Cc3ccc(OC(F)(F)F)cc3)c(O)c12. The van der Waals surface area contributed by atoms with Gasteiger partial charge in [0.15, 0.2) is 5.88 Å². The van der Waals surface area contributed by atoms with Gasteiger partial charge in [-0.25, -0.2) is 0 Å². The summed E-state index contributed by atoms with van der Waals surface area (Å²) in [7, 11) is 0. The van der Waals surface area contributed by atoms with Gasteiger partial charge in [0, 0.05) is 29.6 Å².